The maximum Gasteiger partial charge on any atom is 0.253 e. The van der Waals surface area contributed by atoms with Gasteiger partial charge in [0.2, 0.25) is 5.91 Å². The minimum absolute atomic E-state index is 0.00665. The van der Waals surface area contributed by atoms with Gasteiger partial charge in [-0.3, -0.25) is 14.5 Å². The molecule has 7 nitrogen and oxygen atoms in total. The van der Waals surface area contributed by atoms with Gasteiger partial charge in [0.1, 0.15) is 5.82 Å². The van der Waals surface area contributed by atoms with Crippen molar-refractivity contribution >= 4 is 29.2 Å². The quantitative estimate of drug-likeness (QED) is 0.763. The van der Waals surface area contributed by atoms with Crippen molar-refractivity contribution in [2.24, 2.45) is 0 Å². The van der Waals surface area contributed by atoms with Crippen molar-refractivity contribution in [2.75, 3.05) is 38.0 Å². The Morgan fingerprint density at radius 2 is 1.87 bits per heavy atom. The molecule has 8 heteroatoms. The Morgan fingerprint density at radius 1 is 1.10 bits per heavy atom. The predicted octanol–water partition coefficient (Wildman–Crippen LogP) is 3.44. The highest BCUT2D eigenvalue weighted by atomic mass is 35.5. The van der Waals surface area contributed by atoms with Gasteiger partial charge in [0.15, 0.2) is 0 Å². The van der Waals surface area contributed by atoms with Gasteiger partial charge in [-0.25, -0.2) is 4.68 Å². The maximum atomic E-state index is 12.6. The normalized spacial score (nSPS) is 18.0. The summed E-state index contributed by atoms with van der Waals surface area (Å²) < 4.78 is 1.96. The molecule has 30 heavy (non-hydrogen) atoms. The second-order valence-electron chi connectivity index (χ2n) is 8.04. The summed E-state index contributed by atoms with van der Waals surface area (Å²) in [7, 11) is 0. The summed E-state index contributed by atoms with van der Waals surface area (Å²) in [5.41, 5.74) is 0.620. The van der Waals surface area contributed by atoms with Crippen LogP contribution in [0.3, 0.4) is 0 Å². The van der Waals surface area contributed by atoms with Crippen molar-refractivity contribution in [1.82, 2.24) is 19.6 Å². The van der Waals surface area contributed by atoms with E-state index >= 15 is 0 Å². The molecule has 1 saturated carbocycles. The van der Waals surface area contributed by atoms with Crippen molar-refractivity contribution in [1.29, 1.82) is 0 Å². The van der Waals surface area contributed by atoms with E-state index in [-0.39, 0.29) is 11.8 Å². The summed E-state index contributed by atoms with van der Waals surface area (Å²) in [6, 6.07) is 9.33. The van der Waals surface area contributed by atoms with Crippen LogP contribution >= 0.6 is 11.6 Å². The van der Waals surface area contributed by atoms with E-state index in [0.29, 0.717) is 42.7 Å². The largest absolute Gasteiger partial charge is 0.336 e. The van der Waals surface area contributed by atoms with Gasteiger partial charge < -0.3 is 10.2 Å². The van der Waals surface area contributed by atoms with Gasteiger partial charge >= 0.3 is 0 Å². The van der Waals surface area contributed by atoms with Crippen LogP contribution in [0.15, 0.2) is 36.5 Å². The van der Waals surface area contributed by atoms with Gasteiger partial charge in [-0.1, -0.05) is 30.5 Å². The van der Waals surface area contributed by atoms with Crippen LogP contribution in [0.5, 0.6) is 0 Å². The molecule has 1 aliphatic carbocycles. The molecule has 2 aromatic rings. The Labute approximate surface area is 182 Å². The van der Waals surface area contributed by atoms with Crippen LogP contribution in [0.2, 0.25) is 5.02 Å². The number of benzene rings is 1. The number of nitrogens with one attached hydrogen (secondary N) is 1. The van der Waals surface area contributed by atoms with Gasteiger partial charge in [0, 0.05) is 55.8 Å². The minimum atomic E-state index is 0.00665. The van der Waals surface area contributed by atoms with E-state index in [1.807, 2.05) is 15.6 Å². The van der Waals surface area contributed by atoms with Crippen LogP contribution < -0.4 is 5.32 Å². The summed E-state index contributed by atoms with van der Waals surface area (Å²) in [6.45, 7) is 3.52. The van der Waals surface area contributed by atoms with Crippen molar-refractivity contribution in [3.05, 3.63) is 47.1 Å². The minimum Gasteiger partial charge on any atom is -0.336 e. The molecule has 2 amide bonds. The molecule has 1 aromatic carbocycles. The lowest BCUT2D eigenvalue weighted by molar-refractivity contribution is -0.116. The molecule has 0 spiro atoms. The van der Waals surface area contributed by atoms with Crippen molar-refractivity contribution in [2.45, 2.75) is 38.1 Å². The van der Waals surface area contributed by atoms with Crippen LogP contribution in [-0.4, -0.2) is 64.1 Å². The summed E-state index contributed by atoms with van der Waals surface area (Å²) in [5, 5.41) is 7.99. The number of hydrogen-bond acceptors (Lipinski definition) is 4. The Balaban J connectivity index is 1.22. The predicted molar refractivity (Wildman–Crippen MR) is 117 cm³/mol. The first-order chi connectivity index (χ1) is 14.6. The number of aromatic nitrogens is 2. The molecule has 2 aliphatic rings. The molecular weight excluding hydrogens is 402 g/mol. The second-order valence-corrected chi connectivity index (χ2v) is 8.48. The number of anilines is 1. The van der Waals surface area contributed by atoms with Gasteiger partial charge in [0.05, 0.1) is 12.2 Å². The number of carbonyl (C=O) groups is 2. The van der Waals surface area contributed by atoms with Crippen LogP contribution in [0.25, 0.3) is 0 Å². The molecule has 4 rings (SSSR count). The lowest BCUT2D eigenvalue weighted by atomic mass is 10.2. The summed E-state index contributed by atoms with van der Waals surface area (Å²) >= 11 is 6.00. The van der Waals surface area contributed by atoms with E-state index in [9.17, 15) is 9.59 Å². The molecule has 0 bridgehead atoms. The Bertz CT molecular complexity index is 885. The average Bonchev–Trinajstić information content (AvgIpc) is 3.44. The number of piperazine rings is 1. The maximum absolute atomic E-state index is 12.6. The Hall–Kier alpha value is -2.38. The molecule has 1 saturated heterocycles. The molecule has 0 atom stereocenters. The lowest BCUT2D eigenvalue weighted by Crippen LogP contribution is -2.49. The molecule has 0 radical (unpaired) electrons. The molecule has 1 N–H and O–H groups in total. The summed E-state index contributed by atoms with van der Waals surface area (Å²) in [4.78, 5) is 29.2. The highest BCUT2D eigenvalue weighted by Gasteiger charge is 2.23. The van der Waals surface area contributed by atoms with Crippen molar-refractivity contribution in [3.8, 4) is 0 Å². The van der Waals surface area contributed by atoms with E-state index < -0.39 is 0 Å². The van der Waals surface area contributed by atoms with Crippen LogP contribution in [-0.2, 0) is 4.79 Å². The highest BCUT2D eigenvalue weighted by Crippen LogP contribution is 2.31. The van der Waals surface area contributed by atoms with Crippen LogP contribution in [0.4, 0.5) is 5.82 Å². The first kappa shape index (κ1) is 20.9. The zero-order chi connectivity index (χ0) is 20.9. The molecule has 2 fully saturated rings. The lowest BCUT2D eigenvalue weighted by Gasteiger charge is -2.34. The fraction of sp³-hybridized carbons (Fsp3) is 0.500. The summed E-state index contributed by atoms with van der Waals surface area (Å²) in [5.74, 6) is 0.811. The van der Waals surface area contributed by atoms with Gasteiger partial charge in [-0.15, -0.1) is 0 Å². The number of hydrogen-bond donors (Lipinski definition) is 1. The fourth-order valence-electron chi connectivity index (χ4n) is 4.30. The van der Waals surface area contributed by atoms with Crippen LogP contribution in [0.1, 0.15) is 48.5 Å². The zero-order valence-electron chi connectivity index (χ0n) is 17.1. The molecule has 1 aromatic heterocycles. The van der Waals surface area contributed by atoms with Gasteiger partial charge in [-0.2, -0.15) is 5.10 Å². The third-order valence-corrected chi connectivity index (χ3v) is 6.23. The third kappa shape index (κ3) is 5.02. The highest BCUT2D eigenvalue weighted by molar-refractivity contribution is 6.30. The monoisotopic (exact) mass is 429 g/mol. The number of halogens is 1. The fourth-order valence-corrected chi connectivity index (χ4v) is 4.49. The molecular formula is C22H28ClN5O2. The topological polar surface area (TPSA) is 70.5 Å². The Morgan fingerprint density at radius 3 is 2.60 bits per heavy atom. The smallest absolute Gasteiger partial charge is 0.253 e. The second kappa shape index (κ2) is 9.62. The van der Waals surface area contributed by atoms with E-state index in [1.165, 1.54) is 12.8 Å². The van der Waals surface area contributed by atoms with Crippen molar-refractivity contribution in [3.63, 3.8) is 0 Å². The van der Waals surface area contributed by atoms with Gasteiger partial charge in [0.25, 0.3) is 5.91 Å². The molecule has 160 valence electrons. The SMILES string of the molecule is O=C(CCN1CCN(C(=O)c2cccc(Cl)c2)CC1)Nc1ccnn1C1CCCC1. The standard InChI is InChI=1S/C22H28ClN5O2/c23-18-5-3-4-17(16-18)22(30)27-14-12-26(13-15-27)11-9-21(29)25-20-8-10-24-28(20)19-6-1-2-7-19/h3-5,8,10,16,19H,1-2,6-7,9,11-15H2,(H,25,29). The summed E-state index contributed by atoms with van der Waals surface area (Å²) in [6.07, 6.45) is 6.89. The first-order valence-corrected chi connectivity index (χ1v) is 11.1. The molecule has 1 aliphatic heterocycles. The number of amides is 2. The Kier molecular flexibility index (Phi) is 6.69. The number of rotatable bonds is 6. The van der Waals surface area contributed by atoms with E-state index in [2.05, 4.69) is 15.3 Å². The van der Waals surface area contributed by atoms with E-state index in [4.69, 9.17) is 11.6 Å². The molecule has 0 unspecified atom stereocenters. The number of nitrogens with zero attached hydrogens (tertiary/aromatic N) is 4. The first-order valence-electron chi connectivity index (χ1n) is 10.7. The van der Waals surface area contributed by atoms with Crippen LogP contribution in [0, 0.1) is 0 Å². The van der Waals surface area contributed by atoms with E-state index in [0.717, 1.165) is 31.7 Å². The van der Waals surface area contributed by atoms with Crippen molar-refractivity contribution < 1.29 is 9.59 Å². The third-order valence-electron chi connectivity index (χ3n) is 5.99. The van der Waals surface area contributed by atoms with Gasteiger partial charge in [-0.05, 0) is 31.0 Å². The zero-order valence-corrected chi connectivity index (χ0v) is 17.9. The number of carbonyl (C=O) groups excluding carboxylic acids is 2. The van der Waals surface area contributed by atoms with E-state index in [1.54, 1.807) is 30.5 Å². The average molecular weight is 430 g/mol. The molecule has 2 heterocycles.